The minimum absolute atomic E-state index is 0.0526. The molecule has 3 nitrogen and oxygen atoms in total. The van der Waals surface area contributed by atoms with Crippen LogP contribution in [-0.4, -0.2) is 9.55 Å². The first-order valence-electron chi connectivity index (χ1n) is 11.4. The van der Waals surface area contributed by atoms with E-state index in [1.54, 1.807) is 39.2 Å². The van der Waals surface area contributed by atoms with Gasteiger partial charge >= 0.3 is 0 Å². The van der Waals surface area contributed by atoms with Crippen molar-refractivity contribution < 1.29 is 11.4 Å². The Morgan fingerprint density at radius 2 is 2.12 bits per heavy atom. The first-order chi connectivity index (χ1) is 14.2. The molecule has 0 saturated carbocycles. The van der Waals surface area contributed by atoms with E-state index in [2.05, 4.69) is 21.7 Å². The molecule has 0 amide bonds. The Hall–Kier alpha value is -2.42. The first-order valence-corrected chi connectivity index (χ1v) is 8.93. The maximum atomic E-state index is 8.85. The lowest BCUT2D eigenvalue weighted by Gasteiger charge is -2.20. The highest BCUT2D eigenvalue weighted by atomic mass is 15.1. The van der Waals surface area contributed by atoms with Crippen molar-refractivity contribution in [3.05, 3.63) is 64.9 Å². The first kappa shape index (κ1) is 12.1. The standard InChI is InChI=1S/C23H28N3/c1-15-7-8-19-18(12-21-24-9-10-26(19)21)22(15)20-11-17(13-23(3,4)5)16(2)14-25(20)6/h7-11,14H,12-13H2,1-6H3/q+1/i2D3,13D2. The van der Waals surface area contributed by atoms with E-state index in [4.69, 9.17) is 6.85 Å². The summed E-state index contributed by atoms with van der Waals surface area (Å²) in [5.74, 6) is 0.967. The normalized spacial score (nSPS) is 16.9. The van der Waals surface area contributed by atoms with Crippen LogP contribution in [0.15, 0.2) is 36.8 Å². The molecule has 0 N–H and O–H groups in total. The molecule has 1 aliphatic heterocycles. The molecule has 1 aromatic carbocycles. The Balaban J connectivity index is 2.02. The fraction of sp³-hybridized carbons (Fsp3) is 0.391. The van der Waals surface area contributed by atoms with Crippen LogP contribution in [0.5, 0.6) is 0 Å². The fourth-order valence-corrected chi connectivity index (χ4v) is 3.76. The topological polar surface area (TPSA) is 21.7 Å². The average Bonchev–Trinajstić information content (AvgIpc) is 3.21. The quantitative estimate of drug-likeness (QED) is 0.488. The summed E-state index contributed by atoms with van der Waals surface area (Å²) in [5, 5.41) is 0. The van der Waals surface area contributed by atoms with E-state index in [1.165, 1.54) is 0 Å². The maximum absolute atomic E-state index is 8.85. The monoisotopic (exact) mass is 351 g/mol. The van der Waals surface area contributed by atoms with Gasteiger partial charge in [-0.05, 0) is 48.3 Å². The van der Waals surface area contributed by atoms with Crippen LogP contribution in [0, 0.1) is 19.2 Å². The van der Waals surface area contributed by atoms with Gasteiger partial charge in [0.05, 0.1) is 11.3 Å². The van der Waals surface area contributed by atoms with E-state index < -0.39 is 18.6 Å². The summed E-state index contributed by atoms with van der Waals surface area (Å²) in [6, 6.07) is 5.88. The van der Waals surface area contributed by atoms with Gasteiger partial charge in [-0.2, -0.15) is 0 Å². The highest BCUT2D eigenvalue weighted by Crippen LogP contribution is 2.37. The van der Waals surface area contributed by atoms with Gasteiger partial charge in [0, 0.05) is 37.3 Å². The molecule has 0 unspecified atom stereocenters. The van der Waals surface area contributed by atoms with Crippen LogP contribution in [0.4, 0.5) is 0 Å². The lowest BCUT2D eigenvalue weighted by Crippen LogP contribution is -2.32. The van der Waals surface area contributed by atoms with Crippen molar-refractivity contribution >= 4 is 0 Å². The van der Waals surface area contributed by atoms with Crippen molar-refractivity contribution in [2.45, 2.75) is 47.3 Å². The van der Waals surface area contributed by atoms with Crippen LogP contribution in [0.2, 0.25) is 0 Å². The molecule has 3 aromatic rings. The summed E-state index contributed by atoms with van der Waals surface area (Å²) >= 11 is 0. The molecule has 1 aliphatic rings. The molecule has 0 aliphatic carbocycles. The summed E-state index contributed by atoms with van der Waals surface area (Å²) in [5.41, 5.74) is 4.56. The number of rotatable bonds is 2. The maximum Gasteiger partial charge on any atom is 0.213 e. The van der Waals surface area contributed by atoms with E-state index >= 15 is 0 Å². The SMILES string of the molecule is [2H]C([2H])([2H])c1c[n+](C)c(-c2c(C)ccc3c2Cc2nccn2-3)cc1C([2H])([2H])C(C)(C)C. The van der Waals surface area contributed by atoms with E-state index in [0.29, 0.717) is 6.42 Å². The third-order valence-corrected chi connectivity index (χ3v) is 4.85. The van der Waals surface area contributed by atoms with Crippen molar-refractivity contribution in [1.82, 2.24) is 9.55 Å². The van der Waals surface area contributed by atoms with Gasteiger partial charge in [0.2, 0.25) is 5.69 Å². The largest absolute Gasteiger partial charge is 0.303 e. The number of pyridine rings is 1. The second-order valence-electron chi connectivity index (χ2n) is 8.12. The smallest absolute Gasteiger partial charge is 0.213 e. The van der Waals surface area contributed by atoms with Gasteiger partial charge < -0.3 is 4.57 Å². The fourth-order valence-electron chi connectivity index (χ4n) is 3.76. The summed E-state index contributed by atoms with van der Waals surface area (Å²) in [6.07, 6.45) is 4.16. The van der Waals surface area contributed by atoms with Crippen molar-refractivity contribution in [3.63, 3.8) is 0 Å². The number of nitrogens with zero attached hydrogens (tertiary/aromatic N) is 3. The van der Waals surface area contributed by atoms with Crippen molar-refractivity contribution in [1.29, 1.82) is 0 Å². The van der Waals surface area contributed by atoms with Gasteiger partial charge in [-0.25, -0.2) is 9.55 Å². The minimum Gasteiger partial charge on any atom is -0.303 e. The van der Waals surface area contributed by atoms with Crippen LogP contribution < -0.4 is 4.57 Å². The molecule has 0 atom stereocenters. The lowest BCUT2D eigenvalue weighted by atomic mass is 9.85. The lowest BCUT2D eigenvalue weighted by molar-refractivity contribution is -0.660. The molecule has 2 aromatic heterocycles. The van der Waals surface area contributed by atoms with Crippen molar-refractivity contribution in [2.75, 3.05) is 0 Å². The number of hydrogen-bond acceptors (Lipinski definition) is 1. The number of hydrogen-bond donors (Lipinski definition) is 0. The molecular formula is C23H28N3+. The van der Waals surface area contributed by atoms with Crippen LogP contribution in [0.25, 0.3) is 16.9 Å². The Labute approximate surface area is 163 Å². The highest BCUT2D eigenvalue weighted by molar-refractivity contribution is 5.73. The summed E-state index contributed by atoms with van der Waals surface area (Å²) in [7, 11) is 1.83. The average molecular weight is 352 g/mol. The highest BCUT2D eigenvalue weighted by Gasteiger charge is 2.27. The van der Waals surface area contributed by atoms with Crippen LogP contribution in [0.1, 0.15) is 55.7 Å². The van der Waals surface area contributed by atoms with Gasteiger partial charge in [-0.15, -0.1) is 0 Å². The molecule has 0 radical (unpaired) electrons. The van der Waals surface area contributed by atoms with E-state index in [0.717, 1.165) is 33.9 Å². The summed E-state index contributed by atoms with van der Waals surface area (Å²) in [6.45, 7) is 5.01. The zero-order valence-electron chi connectivity index (χ0n) is 21.0. The molecule has 0 bridgehead atoms. The molecule has 26 heavy (non-hydrogen) atoms. The Morgan fingerprint density at radius 1 is 1.31 bits per heavy atom. The molecule has 0 fully saturated rings. The number of benzene rings is 1. The van der Waals surface area contributed by atoms with Crippen LogP contribution in [-0.2, 0) is 19.8 Å². The molecule has 3 heteroatoms. The third-order valence-electron chi connectivity index (χ3n) is 4.85. The van der Waals surface area contributed by atoms with Gasteiger partial charge in [0.25, 0.3) is 0 Å². The Kier molecular flexibility index (Phi) is 2.69. The van der Waals surface area contributed by atoms with Crippen LogP contribution >= 0.6 is 0 Å². The Bertz CT molecular complexity index is 1180. The molecule has 0 saturated heterocycles. The number of imidazole rings is 1. The van der Waals surface area contributed by atoms with Gasteiger partial charge in [0.1, 0.15) is 12.9 Å². The molecule has 3 heterocycles. The predicted molar refractivity (Wildman–Crippen MR) is 106 cm³/mol. The second kappa shape index (κ2) is 5.80. The van der Waals surface area contributed by atoms with Gasteiger partial charge in [-0.1, -0.05) is 26.8 Å². The molecular weight excluding hydrogens is 318 g/mol. The van der Waals surface area contributed by atoms with Crippen molar-refractivity contribution in [3.8, 4) is 16.9 Å². The second-order valence-corrected chi connectivity index (χ2v) is 8.12. The van der Waals surface area contributed by atoms with Gasteiger partial charge in [0.15, 0.2) is 6.20 Å². The number of aromatic nitrogens is 3. The number of aryl methyl sites for hydroxylation is 3. The predicted octanol–water partition coefficient (Wildman–Crippen LogP) is 4.47. The molecule has 134 valence electrons. The van der Waals surface area contributed by atoms with E-state index in [1.807, 2.05) is 24.7 Å². The van der Waals surface area contributed by atoms with E-state index in [9.17, 15) is 0 Å². The van der Waals surface area contributed by atoms with Crippen LogP contribution in [0.3, 0.4) is 0 Å². The third kappa shape index (κ3) is 2.76. The summed E-state index contributed by atoms with van der Waals surface area (Å²) in [4.78, 5) is 4.46. The minimum atomic E-state index is -2.42. The van der Waals surface area contributed by atoms with Gasteiger partial charge in [-0.3, -0.25) is 0 Å². The van der Waals surface area contributed by atoms with E-state index in [-0.39, 0.29) is 11.1 Å². The summed E-state index contributed by atoms with van der Waals surface area (Å²) < 4.78 is 45.7. The zero-order valence-corrected chi connectivity index (χ0v) is 16.0. The Morgan fingerprint density at radius 3 is 2.85 bits per heavy atom. The molecule has 0 spiro atoms. The molecule has 4 rings (SSSR count). The van der Waals surface area contributed by atoms with Crippen molar-refractivity contribution in [2.24, 2.45) is 12.5 Å². The number of fused-ring (bicyclic) bond motifs is 3. The zero-order chi connectivity index (χ0) is 22.9.